The summed E-state index contributed by atoms with van der Waals surface area (Å²) in [5, 5.41) is 3.11. The summed E-state index contributed by atoms with van der Waals surface area (Å²) < 4.78 is 0. The smallest absolute Gasteiger partial charge is 0.300 e. The summed E-state index contributed by atoms with van der Waals surface area (Å²) in [6, 6.07) is 10.4. The molecule has 0 radical (unpaired) electrons. The number of pyridine rings is 1. The van der Waals surface area contributed by atoms with Crippen molar-refractivity contribution in [2.75, 3.05) is 11.1 Å². The van der Waals surface area contributed by atoms with Crippen LogP contribution in [0.15, 0.2) is 42.6 Å². The summed E-state index contributed by atoms with van der Waals surface area (Å²) in [6.45, 7) is 0. The zero-order valence-corrected chi connectivity index (χ0v) is 9.10. The van der Waals surface area contributed by atoms with Crippen molar-refractivity contribution in [2.24, 2.45) is 5.73 Å². The maximum atomic E-state index is 10.9. The van der Waals surface area contributed by atoms with Crippen molar-refractivity contribution < 1.29 is 9.78 Å². The first-order valence-electron chi connectivity index (χ1n) is 5.10. The van der Waals surface area contributed by atoms with Gasteiger partial charge in [0.1, 0.15) is 11.4 Å². The Hall–Kier alpha value is -2.56. The van der Waals surface area contributed by atoms with Gasteiger partial charge < -0.3 is 11.5 Å². The number of H-pyrrole nitrogens is 1. The third-order valence-electron chi connectivity index (χ3n) is 2.33. The summed E-state index contributed by atoms with van der Waals surface area (Å²) in [4.78, 5) is 13.9. The van der Waals surface area contributed by atoms with Crippen LogP contribution >= 0.6 is 0 Å². The van der Waals surface area contributed by atoms with Crippen LogP contribution in [-0.2, 0) is 0 Å². The van der Waals surface area contributed by atoms with E-state index in [1.165, 1.54) is 0 Å². The molecule has 2 aromatic rings. The number of aromatic amines is 1. The fourth-order valence-corrected chi connectivity index (χ4v) is 1.42. The summed E-state index contributed by atoms with van der Waals surface area (Å²) in [7, 11) is 0. The number of primary amides is 1. The molecule has 5 heteroatoms. The predicted octanol–water partition coefficient (Wildman–Crippen LogP) is 0.925. The van der Waals surface area contributed by atoms with Crippen LogP contribution in [0.25, 0.3) is 0 Å². The number of nitrogens with one attached hydrogen (secondary N) is 2. The normalized spacial score (nSPS) is 9.88. The zero-order chi connectivity index (χ0) is 12.3. The van der Waals surface area contributed by atoms with Gasteiger partial charge in [-0.3, -0.25) is 4.79 Å². The Balaban J connectivity index is 2.20. The lowest BCUT2D eigenvalue weighted by Gasteiger charge is -2.01. The van der Waals surface area contributed by atoms with Gasteiger partial charge >= 0.3 is 5.82 Å². The highest BCUT2D eigenvalue weighted by atomic mass is 16.1. The van der Waals surface area contributed by atoms with Crippen molar-refractivity contribution in [1.82, 2.24) is 0 Å². The number of nitrogens with two attached hydrogens (primary N) is 2. The Morgan fingerprint density at radius 3 is 2.47 bits per heavy atom. The largest absolute Gasteiger partial charge is 0.392 e. The number of anilines is 3. The second-order valence-electron chi connectivity index (χ2n) is 3.57. The zero-order valence-electron chi connectivity index (χ0n) is 9.10. The first kappa shape index (κ1) is 10.9. The molecule has 6 N–H and O–H groups in total. The minimum atomic E-state index is -0.442. The summed E-state index contributed by atoms with van der Waals surface area (Å²) in [5.74, 6) is 0.265. The molecule has 0 atom stereocenters. The fourth-order valence-electron chi connectivity index (χ4n) is 1.42. The van der Waals surface area contributed by atoms with Crippen LogP contribution in [0.4, 0.5) is 17.2 Å². The standard InChI is InChI=1S/C12H12N4O/c13-10-2-1-7-15-12(10)16-9-5-3-8(4-6-9)11(14)17/h1-7H,13H2,(H2,14,17)(H,15,16)/p+1. The van der Waals surface area contributed by atoms with Crippen LogP contribution in [0.2, 0.25) is 0 Å². The summed E-state index contributed by atoms with van der Waals surface area (Å²) >= 11 is 0. The van der Waals surface area contributed by atoms with Gasteiger partial charge in [-0.05, 0) is 36.4 Å². The first-order valence-corrected chi connectivity index (χ1v) is 5.10. The highest BCUT2D eigenvalue weighted by Gasteiger charge is 2.07. The molecule has 1 amide bonds. The molecular formula is C12H13N4O+. The molecule has 2 rings (SSSR count). The average molecular weight is 229 g/mol. The number of carbonyl (C=O) groups excluding carboxylic acids is 1. The number of benzene rings is 1. The Labute approximate surface area is 98.5 Å². The van der Waals surface area contributed by atoms with Crippen molar-refractivity contribution in [3.8, 4) is 0 Å². The highest BCUT2D eigenvalue weighted by Crippen LogP contribution is 2.17. The van der Waals surface area contributed by atoms with Crippen molar-refractivity contribution in [3.05, 3.63) is 48.2 Å². The van der Waals surface area contributed by atoms with Gasteiger partial charge in [-0.15, -0.1) is 0 Å². The minimum Gasteiger partial charge on any atom is -0.392 e. The van der Waals surface area contributed by atoms with Gasteiger partial charge in [0.2, 0.25) is 5.91 Å². The van der Waals surface area contributed by atoms with E-state index >= 15 is 0 Å². The lowest BCUT2D eigenvalue weighted by molar-refractivity contribution is -0.359. The van der Waals surface area contributed by atoms with Gasteiger partial charge in [-0.2, -0.15) is 0 Å². The third-order valence-corrected chi connectivity index (χ3v) is 2.33. The van der Waals surface area contributed by atoms with E-state index in [2.05, 4.69) is 10.3 Å². The second kappa shape index (κ2) is 4.52. The Morgan fingerprint density at radius 1 is 1.18 bits per heavy atom. The SMILES string of the molecule is NC(=O)c1ccc(Nc2[nH+]cccc2N)cc1. The van der Waals surface area contributed by atoms with E-state index in [0.29, 0.717) is 17.1 Å². The van der Waals surface area contributed by atoms with Crippen LogP contribution in [0.5, 0.6) is 0 Å². The molecule has 1 aromatic heterocycles. The molecule has 0 aliphatic rings. The second-order valence-corrected chi connectivity index (χ2v) is 3.57. The number of carbonyl (C=O) groups is 1. The van der Waals surface area contributed by atoms with Crippen LogP contribution < -0.4 is 21.8 Å². The Bertz CT molecular complexity index is 536. The molecule has 0 fully saturated rings. The molecule has 0 spiro atoms. The van der Waals surface area contributed by atoms with Crippen molar-refractivity contribution >= 4 is 23.1 Å². The lowest BCUT2D eigenvalue weighted by Crippen LogP contribution is -2.12. The van der Waals surface area contributed by atoms with Crippen molar-refractivity contribution in [2.45, 2.75) is 0 Å². The minimum absolute atomic E-state index is 0.442. The number of hydrogen-bond donors (Lipinski definition) is 3. The topological polar surface area (TPSA) is 95.3 Å². The van der Waals surface area contributed by atoms with Gasteiger partial charge in [0.05, 0.1) is 6.20 Å². The molecule has 0 saturated carbocycles. The molecule has 1 heterocycles. The van der Waals surface area contributed by atoms with Gasteiger partial charge in [-0.1, -0.05) is 0 Å². The Kier molecular flexibility index (Phi) is 2.91. The molecule has 0 unspecified atom stereocenters. The number of aromatic nitrogens is 1. The van der Waals surface area contributed by atoms with Gasteiger partial charge in [0.25, 0.3) is 0 Å². The predicted molar refractivity (Wildman–Crippen MR) is 65.7 cm³/mol. The maximum Gasteiger partial charge on any atom is 0.300 e. The van der Waals surface area contributed by atoms with Crippen molar-refractivity contribution in [3.63, 3.8) is 0 Å². The summed E-state index contributed by atoms with van der Waals surface area (Å²) in [6.07, 6.45) is 1.77. The Morgan fingerprint density at radius 2 is 1.88 bits per heavy atom. The number of amides is 1. The molecule has 0 saturated heterocycles. The number of hydrogen-bond acceptors (Lipinski definition) is 3. The van der Waals surface area contributed by atoms with Gasteiger partial charge in [0.15, 0.2) is 0 Å². The summed E-state index contributed by atoms with van der Waals surface area (Å²) in [5.41, 5.74) is 12.8. The quantitative estimate of drug-likeness (QED) is 0.730. The molecule has 0 aliphatic carbocycles. The van der Waals surface area contributed by atoms with Crippen LogP contribution in [0, 0.1) is 0 Å². The van der Waals surface area contributed by atoms with E-state index in [1.807, 2.05) is 6.07 Å². The third kappa shape index (κ3) is 2.52. The van der Waals surface area contributed by atoms with Crippen LogP contribution in [0.1, 0.15) is 10.4 Å². The van der Waals surface area contributed by atoms with E-state index in [9.17, 15) is 4.79 Å². The molecule has 5 nitrogen and oxygen atoms in total. The molecular weight excluding hydrogens is 216 g/mol. The van der Waals surface area contributed by atoms with E-state index in [4.69, 9.17) is 11.5 Å². The molecule has 86 valence electrons. The monoisotopic (exact) mass is 229 g/mol. The molecule has 1 aromatic carbocycles. The van der Waals surface area contributed by atoms with Gasteiger partial charge in [0, 0.05) is 5.56 Å². The van der Waals surface area contributed by atoms with E-state index in [-0.39, 0.29) is 0 Å². The van der Waals surface area contributed by atoms with E-state index < -0.39 is 5.91 Å². The maximum absolute atomic E-state index is 10.9. The van der Waals surface area contributed by atoms with E-state index in [0.717, 1.165) is 5.69 Å². The number of rotatable bonds is 3. The molecule has 0 aliphatic heterocycles. The molecule has 17 heavy (non-hydrogen) atoms. The van der Waals surface area contributed by atoms with Crippen LogP contribution in [-0.4, -0.2) is 5.91 Å². The van der Waals surface area contributed by atoms with Gasteiger partial charge in [-0.25, -0.2) is 10.3 Å². The first-order chi connectivity index (χ1) is 8.16. The highest BCUT2D eigenvalue weighted by molar-refractivity contribution is 5.93. The fraction of sp³-hybridized carbons (Fsp3) is 0. The molecule has 0 bridgehead atoms. The van der Waals surface area contributed by atoms with E-state index in [1.54, 1.807) is 36.5 Å². The van der Waals surface area contributed by atoms with Crippen LogP contribution in [0.3, 0.4) is 0 Å². The average Bonchev–Trinajstić information content (AvgIpc) is 2.33. The van der Waals surface area contributed by atoms with Crippen molar-refractivity contribution in [1.29, 1.82) is 0 Å². The lowest BCUT2D eigenvalue weighted by atomic mass is 10.2. The number of nitrogen functional groups attached to an aromatic ring is 1.